The Labute approximate surface area is 214 Å². The summed E-state index contributed by atoms with van der Waals surface area (Å²) in [5.41, 5.74) is 0.446. The molecule has 198 valence electrons. The molecule has 0 saturated carbocycles. The van der Waals surface area contributed by atoms with Crippen LogP contribution in [0.5, 0.6) is 0 Å². The zero-order valence-corrected chi connectivity index (χ0v) is 21.4. The number of hydrogen-bond acceptors (Lipinski definition) is 6. The number of carbonyl (C=O) groups is 2. The van der Waals surface area contributed by atoms with Crippen LogP contribution in [0.3, 0.4) is 0 Å². The number of hydrogen-bond donors (Lipinski definition) is 1. The van der Waals surface area contributed by atoms with Crippen molar-refractivity contribution in [3.63, 3.8) is 0 Å². The highest BCUT2D eigenvalue weighted by molar-refractivity contribution is 5.89. The van der Waals surface area contributed by atoms with Crippen LogP contribution in [0.25, 0.3) is 11.4 Å². The Morgan fingerprint density at radius 1 is 1.05 bits per heavy atom. The Bertz CT molecular complexity index is 1180. The summed E-state index contributed by atoms with van der Waals surface area (Å²) in [5, 5.41) is 15.1. The fourth-order valence-electron chi connectivity index (χ4n) is 3.67. The van der Waals surface area contributed by atoms with E-state index in [0.717, 1.165) is 4.80 Å². The number of rotatable bonds is 11. The molecular formula is C26H32F2N6O3. The van der Waals surface area contributed by atoms with Crippen molar-refractivity contribution in [1.29, 1.82) is 0 Å². The second-order valence-electron chi connectivity index (χ2n) is 9.48. The minimum atomic E-state index is -1.02. The predicted octanol–water partition coefficient (Wildman–Crippen LogP) is 3.53. The molecule has 9 nitrogen and oxygen atoms in total. The maximum atomic E-state index is 13.7. The van der Waals surface area contributed by atoms with Crippen LogP contribution in [-0.4, -0.2) is 62.2 Å². The van der Waals surface area contributed by atoms with E-state index < -0.39 is 35.0 Å². The molecule has 1 N–H and O–H groups in total. The molecular weight excluding hydrogens is 482 g/mol. The molecule has 11 heteroatoms. The van der Waals surface area contributed by atoms with Crippen molar-refractivity contribution in [2.75, 3.05) is 19.8 Å². The number of nitrogens with zero attached hydrogens (tertiary/aromatic N) is 5. The fraction of sp³-hybridized carbons (Fsp3) is 0.423. The summed E-state index contributed by atoms with van der Waals surface area (Å²) in [4.78, 5) is 29.6. The first-order valence-corrected chi connectivity index (χ1v) is 12.1. The fourth-order valence-corrected chi connectivity index (χ4v) is 3.67. The molecule has 1 heterocycles. The molecule has 0 bridgehead atoms. The molecule has 3 rings (SSSR count). The molecule has 37 heavy (non-hydrogen) atoms. The lowest BCUT2D eigenvalue weighted by Crippen LogP contribution is -2.50. The molecule has 0 saturated heterocycles. The van der Waals surface area contributed by atoms with E-state index in [9.17, 15) is 18.4 Å². The van der Waals surface area contributed by atoms with E-state index in [4.69, 9.17) is 4.74 Å². The van der Waals surface area contributed by atoms with Crippen LogP contribution in [0.15, 0.2) is 48.5 Å². The Morgan fingerprint density at radius 2 is 1.68 bits per heavy atom. The summed E-state index contributed by atoms with van der Waals surface area (Å²) in [7, 11) is 0. The van der Waals surface area contributed by atoms with E-state index in [0.29, 0.717) is 30.8 Å². The largest absolute Gasteiger partial charge is 0.382 e. The summed E-state index contributed by atoms with van der Waals surface area (Å²) in [6, 6.07) is 10.1. The molecule has 0 spiro atoms. The number of halogens is 2. The molecule has 0 aliphatic carbocycles. The Hall–Kier alpha value is -3.73. The van der Waals surface area contributed by atoms with E-state index in [1.165, 1.54) is 53.4 Å². The van der Waals surface area contributed by atoms with Crippen LogP contribution in [-0.2, 0) is 20.9 Å². The first-order valence-electron chi connectivity index (χ1n) is 12.1. The van der Waals surface area contributed by atoms with Gasteiger partial charge in [0, 0.05) is 30.9 Å². The topological polar surface area (TPSA) is 102 Å². The molecule has 2 amide bonds. The summed E-state index contributed by atoms with van der Waals surface area (Å²) in [6.07, 6.45) is 0.478. The highest BCUT2D eigenvalue weighted by atomic mass is 19.1. The SMILES string of the molecule is CCOCCCN(C(=O)Cn1nnc(-c2ccc(F)cc2)n1)[C@H](C(=O)NC(C)(C)C)c1ccc(F)cc1. The van der Waals surface area contributed by atoms with Gasteiger partial charge in [0.05, 0.1) is 0 Å². The van der Waals surface area contributed by atoms with E-state index >= 15 is 0 Å². The Balaban J connectivity index is 1.90. The van der Waals surface area contributed by atoms with E-state index in [2.05, 4.69) is 20.7 Å². The van der Waals surface area contributed by atoms with Gasteiger partial charge in [-0.15, -0.1) is 10.2 Å². The average Bonchev–Trinajstić information content (AvgIpc) is 3.29. The Kier molecular flexibility index (Phi) is 9.40. The molecule has 3 aromatic rings. The van der Waals surface area contributed by atoms with Gasteiger partial charge in [-0.3, -0.25) is 9.59 Å². The van der Waals surface area contributed by atoms with E-state index in [1.54, 1.807) is 0 Å². The summed E-state index contributed by atoms with van der Waals surface area (Å²) in [6.45, 7) is 8.22. The first kappa shape index (κ1) is 27.9. The standard InChI is InChI=1S/C26H32F2N6O3/c1-5-37-16-6-15-33(23(25(36)29-26(2,3)4)18-7-11-20(27)12-8-18)22(35)17-34-31-24(30-32-34)19-9-13-21(28)14-10-19/h7-14,23H,5-6,15-17H2,1-4H3,(H,29,36)/t23-/m0/s1. The van der Waals surface area contributed by atoms with Crippen LogP contribution in [0.1, 0.15) is 45.7 Å². The lowest BCUT2D eigenvalue weighted by atomic mass is 10.0. The quantitative estimate of drug-likeness (QED) is 0.393. The van der Waals surface area contributed by atoms with Crippen molar-refractivity contribution in [3.05, 3.63) is 65.7 Å². The van der Waals surface area contributed by atoms with Gasteiger partial charge >= 0.3 is 0 Å². The van der Waals surface area contributed by atoms with Crippen LogP contribution < -0.4 is 5.32 Å². The molecule has 0 unspecified atom stereocenters. The number of carbonyl (C=O) groups excluding carboxylic acids is 2. The second kappa shape index (κ2) is 12.5. The third kappa shape index (κ3) is 8.14. The van der Waals surface area contributed by atoms with Crippen molar-refractivity contribution < 1.29 is 23.1 Å². The van der Waals surface area contributed by atoms with Crippen LogP contribution in [0, 0.1) is 11.6 Å². The smallest absolute Gasteiger partial charge is 0.247 e. The highest BCUT2D eigenvalue weighted by Crippen LogP contribution is 2.24. The van der Waals surface area contributed by atoms with E-state index in [-0.39, 0.29) is 18.9 Å². The lowest BCUT2D eigenvalue weighted by molar-refractivity contribution is -0.142. The molecule has 0 fully saturated rings. The van der Waals surface area contributed by atoms with Crippen molar-refractivity contribution >= 4 is 11.8 Å². The number of ether oxygens (including phenoxy) is 1. The van der Waals surface area contributed by atoms with Crippen LogP contribution in [0.4, 0.5) is 8.78 Å². The second-order valence-corrected chi connectivity index (χ2v) is 9.48. The lowest BCUT2D eigenvalue weighted by Gasteiger charge is -2.33. The van der Waals surface area contributed by atoms with Gasteiger partial charge in [-0.05, 0) is 81.3 Å². The molecule has 0 radical (unpaired) electrons. The maximum Gasteiger partial charge on any atom is 0.247 e. The number of amides is 2. The summed E-state index contributed by atoms with van der Waals surface area (Å²) in [5.74, 6) is -1.45. The zero-order chi connectivity index (χ0) is 27.0. The predicted molar refractivity (Wildman–Crippen MR) is 133 cm³/mol. The maximum absolute atomic E-state index is 13.7. The molecule has 1 aromatic heterocycles. The average molecular weight is 515 g/mol. The van der Waals surface area contributed by atoms with Gasteiger partial charge in [-0.1, -0.05) is 12.1 Å². The number of aromatic nitrogens is 4. The van der Waals surface area contributed by atoms with Crippen LogP contribution in [0.2, 0.25) is 0 Å². The monoisotopic (exact) mass is 514 g/mol. The van der Waals surface area contributed by atoms with Crippen molar-refractivity contribution in [1.82, 2.24) is 30.4 Å². The van der Waals surface area contributed by atoms with Gasteiger partial charge < -0.3 is 15.0 Å². The van der Waals surface area contributed by atoms with Gasteiger partial charge in [0.25, 0.3) is 0 Å². The molecule has 1 atom stereocenters. The molecule has 0 aliphatic rings. The molecule has 0 aliphatic heterocycles. The Morgan fingerprint density at radius 3 is 2.27 bits per heavy atom. The third-order valence-corrected chi connectivity index (χ3v) is 5.29. The van der Waals surface area contributed by atoms with Gasteiger partial charge in [-0.2, -0.15) is 4.80 Å². The zero-order valence-electron chi connectivity index (χ0n) is 21.4. The minimum absolute atomic E-state index is 0.206. The van der Waals surface area contributed by atoms with Gasteiger partial charge in [0.15, 0.2) is 0 Å². The first-order chi connectivity index (χ1) is 17.6. The van der Waals surface area contributed by atoms with E-state index in [1.807, 2.05) is 27.7 Å². The molecule has 2 aromatic carbocycles. The summed E-state index contributed by atoms with van der Waals surface area (Å²) < 4.78 is 32.4. The number of benzene rings is 2. The van der Waals surface area contributed by atoms with Gasteiger partial charge in [-0.25, -0.2) is 8.78 Å². The highest BCUT2D eigenvalue weighted by Gasteiger charge is 2.33. The van der Waals surface area contributed by atoms with Crippen molar-refractivity contribution in [3.8, 4) is 11.4 Å². The van der Waals surface area contributed by atoms with Crippen LogP contribution >= 0.6 is 0 Å². The normalized spacial score (nSPS) is 12.3. The number of tetrazole rings is 1. The van der Waals surface area contributed by atoms with Gasteiger partial charge in [0.1, 0.15) is 24.2 Å². The third-order valence-electron chi connectivity index (χ3n) is 5.29. The van der Waals surface area contributed by atoms with Crippen molar-refractivity contribution in [2.24, 2.45) is 0 Å². The minimum Gasteiger partial charge on any atom is -0.382 e. The van der Waals surface area contributed by atoms with Crippen molar-refractivity contribution in [2.45, 2.75) is 52.2 Å². The summed E-state index contributed by atoms with van der Waals surface area (Å²) >= 11 is 0. The number of nitrogens with one attached hydrogen (secondary N) is 1. The van der Waals surface area contributed by atoms with Gasteiger partial charge in [0.2, 0.25) is 17.6 Å².